The Kier molecular flexibility index (Phi) is 3.56. The van der Waals surface area contributed by atoms with Crippen molar-refractivity contribution in [3.05, 3.63) is 24.2 Å². The van der Waals surface area contributed by atoms with E-state index in [9.17, 15) is 9.90 Å². The summed E-state index contributed by atoms with van der Waals surface area (Å²) in [6, 6.07) is 3.55. The van der Waals surface area contributed by atoms with Crippen molar-refractivity contribution < 1.29 is 19.1 Å². The molecular formula is C11H14O4S. The lowest BCUT2D eigenvalue weighted by Crippen LogP contribution is -2.46. The van der Waals surface area contributed by atoms with E-state index in [1.807, 2.05) is 0 Å². The first-order valence-electron chi connectivity index (χ1n) is 5.20. The Bertz CT molecular complexity index is 341. The lowest BCUT2D eigenvalue weighted by Gasteiger charge is -2.32. The predicted molar refractivity (Wildman–Crippen MR) is 60.4 cm³/mol. The Morgan fingerprint density at radius 2 is 2.56 bits per heavy atom. The highest BCUT2D eigenvalue weighted by Crippen LogP contribution is 2.31. The highest BCUT2D eigenvalue weighted by molar-refractivity contribution is 7.99. The third kappa shape index (κ3) is 2.41. The molecule has 1 fully saturated rings. The van der Waals surface area contributed by atoms with Gasteiger partial charge in [0.2, 0.25) is 0 Å². The van der Waals surface area contributed by atoms with Crippen LogP contribution in [0.4, 0.5) is 0 Å². The highest BCUT2D eigenvalue weighted by Gasteiger charge is 2.41. The average Bonchev–Trinajstić information content (AvgIpc) is 2.80. The minimum Gasteiger partial charge on any atom is -0.479 e. The lowest BCUT2D eigenvalue weighted by molar-refractivity contribution is -0.166. The quantitative estimate of drug-likeness (QED) is 0.876. The van der Waals surface area contributed by atoms with Crippen LogP contribution in [-0.4, -0.2) is 28.2 Å². The molecule has 0 aromatic carbocycles. The van der Waals surface area contributed by atoms with Gasteiger partial charge in [0.05, 0.1) is 6.26 Å². The Balaban J connectivity index is 2.00. The van der Waals surface area contributed by atoms with E-state index in [4.69, 9.17) is 9.15 Å². The molecule has 0 spiro atoms. The summed E-state index contributed by atoms with van der Waals surface area (Å²) in [4.78, 5) is 11.3. The summed E-state index contributed by atoms with van der Waals surface area (Å²) >= 11 is 1.63. The molecule has 0 saturated carbocycles. The first-order valence-corrected chi connectivity index (χ1v) is 6.36. The third-order valence-corrected chi connectivity index (χ3v) is 3.91. The number of carboxylic acids is 1. The smallest absolute Gasteiger partial charge is 0.336 e. The third-order valence-electron chi connectivity index (χ3n) is 2.67. The molecule has 1 aliphatic heterocycles. The van der Waals surface area contributed by atoms with Gasteiger partial charge in [-0.1, -0.05) is 0 Å². The van der Waals surface area contributed by atoms with Crippen LogP contribution < -0.4 is 0 Å². The van der Waals surface area contributed by atoms with E-state index in [0.717, 1.165) is 12.2 Å². The van der Waals surface area contributed by atoms with Gasteiger partial charge >= 0.3 is 5.97 Å². The number of carbonyl (C=O) groups is 1. The minimum atomic E-state index is -1.03. The fourth-order valence-electron chi connectivity index (χ4n) is 1.72. The fraction of sp³-hybridized carbons (Fsp3) is 0.545. The maximum absolute atomic E-state index is 11.3. The molecule has 1 atom stereocenters. The molecule has 1 N–H and O–H groups in total. The summed E-state index contributed by atoms with van der Waals surface area (Å²) in [5.74, 6) is 1.32. The predicted octanol–water partition coefficient (Wildman–Crippen LogP) is 2.15. The van der Waals surface area contributed by atoms with Crippen LogP contribution in [0, 0.1) is 0 Å². The molecule has 0 amide bonds. The number of furan rings is 1. The SMILES string of the molecule is O=C(O)C1(OCc2ccco2)CCCSC1. The van der Waals surface area contributed by atoms with Crippen molar-refractivity contribution in [2.75, 3.05) is 11.5 Å². The number of hydrogen-bond donors (Lipinski definition) is 1. The zero-order chi connectivity index (χ0) is 11.4. The van der Waals surface area contributed by atoms with Crippen LogP contribution in [0.5, 0.6) is 0 Å². The normalized spacial score (nSPS) is 25.5. The van der Waals surface area contributed by atoms with E-state index < -0.39 is 11.6 Å². The van der Waals surface area contributed by atoms with Gasteiger partial charge in [-0.25, -0.2) is 4.79 Å². The van der Waals surface area contributed by atoms with Gasteiger partial charge in [0.15, 0.2) is 5.60 Å². The number of carboxylic acid groups (broad SMARTS) is 1. The summed E-state index contributed by atoms with van der Waals surface area (Å²) in [5, 5.41) is 9.25. The molecule has 0 bridgehead atoms. The monoisotopic (exact) mass is 242 g/mol. The number of hydrogen-bond acceptors (Lipinski definition) is 4. The van der Waals surface area contributed by atoms with Crippen LogP contribution >= 0.6 is 11.8 Å². The molecule has 16 heavy (non-hydrogen) atoms. The maximum atomic E-state index is 11.3. The highest BCUT2D eigenvalue weighted by atomic mass is 32.2. The van der Waals surface area contributed by atoms with E-state index in [1.54, 1.807) is 30.2 Å². The molecule has 1 saturated heterocycles. The zero-order valence-corrected chi connectivity index (χ0v) is 9.66. The second-order valence-corrected chi connectivity index (χ2v) is 4.93. The molecule has 5 heteroatoms. The Hall–Kier alpha value is -0.940. The van der Waals surface area contributed by atoms with Crippen molar-refractivity contribution >= 4 is 17.7 Å². The standard InChI is InChI=1S/C11H14O4S/c12-10(13)11(4-2-6-16-8-11)15-7-9-3-1-5-14-9/h1,3,5H,2,4,6-8H2,(H,12,13). The first-order chi connectivity index (χ1) is 7.73. The van der Waals surface area contributed by atoms with Crippen LogP contribution in [0.25, 0.3) is 0 Å². The van der Waals surface area contributed by atoms with Gasteiger partial charge in [-0.3, -0.25) is 0 Å². The molecular weight excluding hydrogens is 228 g/mol. The van der Waals surface area contributed by atoms with E-state index >= 15 is 0 Å². The van der Waals surface area contributed by atoms with Crippen LogP contribution in [0.3, 0.4) is 0 Å². The van der Waals surface area contributed by atoms with Gasteiger partial charge in [-0.15, -0.1) is 0 Å². The number of aliphatic carboxylic acids is 1. The summed E-state index contributed by atoms with van der Waals surface area (Å²) < 4.78 is 10.7. The van der Waals surface area contributed by atoms with Gasteiger partial charge in [0.1, 0.15) is 12.4 Å². The molecule has 0 radical (unpaired) electrons. The Morgan fingerprint density at radius 3 is 3.12 bits per heavy atom. The van der Waals surface area contributed by atoms with Crippen molar-refractivity contribution in [1.82, 2.24) is 0 Å². The van der Waals surface area contributed by atoms with Crippen molar-refractivity contribution in [3.8, 4) is 0 Å². The van der Waals surface area contributed by atoms with Gasteiger partial charge in [-0.2, -0.15) is 11.8 Å². The van der Waals surface area contributed by atoms with Gasteiger partial charge in [-0.05, 0) is 30.7 Å². The molecule has 2 heterocycles. The van der Waals surface area contributed by atoms with Crippen LogP contribution in [0.1, 0.15) is 18.6 Å². The first kappa shape index (κ1) is 11.5. The average molecular weight is 242 g/mol. The largest absolute Gasteiger partial charge is 0.479 e. The Labute approximate surface area is 98.0 Å². The zero-order valence-electron chi connectivity index (χ0n) is 8.85. The summed E-state index contributed by atoms with van der Waals surface area (Å²) in [5.41, 5.74) is -1.03. The maximum Gasteiger partial charge on any atom is 0.336 e. The van der Waals surface area contributed by atoms with E-state index in [2.05, 4.69) is 0 Å². The van der Waals surface area contributed by atoms with Crippen molar-refractivity contribution in [2.45, 2.75) is 25.0 Å². The molecule has 1 unspecified atom stereocenters. The summed E-state index contributed by atoms with van der Waals surface area (Å²) in [6.07, 6.45) is 3.02. The van der Waals surface area contributed by atoms with Gasteiger partial charge in [0, 0.05) is 5.75 Å². The molecule has 1 aromatic rings. The Morgan fingerprint density at radius 1 is 1.69 bits per heavy atom. The van der Waals surface area contributed by atoms with Gasteiger partial charge in [0.25, 0.3) is 0 Å². The van der Waals surface area contributed by atoms with Crippen molar-refractivity contribution in [3.63, 3.8) is 0 Å². The second-order valence-electron chi connectivity index (χ2n) is 3.82. The van der Waals surface area contributed by atoms with Crippen molar-refractivity contribution in [2.24, 2.45) is 0 Å². The topological polar surface area (TPSA) is 59.7 Å². The van der Waals surface area contributed by atoms with E-state index in [1.165, 1.54) is 0 Å². The van der Waals surface area contributed by atoms with E-state index in [0.29, 0.717) is 17.9 Å². The number of thioether (sulfide) groups is 1. The summed E-state index contributed by atoms with van der Waals surface area (Å²) in [6.45, 7) is 0.222. The molecule has 1 aliphatic rings. The molecule has 88 valence electrons. The van der Waals surface area contributed by atoms with Crippen LogP contribution in [-0.2, 0) is 16.1 Å². The van der Waals surface area contributed by atoms with E-state index in [-0.39, 0.29) is 6.61 Å². The van der Waals surface area contributed by atoms with Crippen molar-refractivity contribution in [1.29, 1.82) is 0 Å². The number of rotatable bonds is 4. The van der Waals surface area contributed by atoms with Crippen LogP contribution in [0.2, 0.25) is 0 Å². The van der Waals surface area contributed by atoms with Crippen LogP contribution in [0.15, 0.2) is 22.8 Å². The fourth-order valence-corrected chi connectivity index (χ4v) is 2.89. The summed E-state index contributed by atoms with van der Waals surface area (Å²) in [7, 11) is 0. The molecule has 0 aliphatic carbocycles. The minimum absolute atomic E-state index is 0.222. The molecule has 2 rings (SSSR count). The lowest BCUT2D eigenvalue weighted by atomic mass is 10.00. The number of ether oxygens (including phenoxy) is 1. The molecule has 4 nitrogen and oxygen atoms in total. The second kappa shape index (κ2) is 4.93. The van der Waals surface area contributed by atoms with Gasteiger partial charge < -0.3 is 14.3 Å². The molecule has 1 aromatic heterocycles.